The number of fused-ring (bicyclic) bond motifs is 1. The van der Waals surface area contributed by atoms with Gasteiger partial charge in [-0.05, 0) is 18.9 Å². The molecule has 0 aliphatic carbocycles. The van der Waals surface area contributed by atoms with Gasteiger partial charge in [-0.2, -0.15) is 0 Å². The van der Waals surface area contributed by atoms with E-state index in [0.717, 1.165) is 24.8 Å². The SMILES string of the molecule is O=C(CS(=O)CC1CCCO1)c1coc2ccccc12. The minimum absolute atomic E-state index is 0.0311. The quantitative estimate of drug-likeness (QED) is 0.795. The fourth-order valence-electron chi connectivity index (χ4n) is 2.46. The van der Waals surface area contributed by atoms with Crippen LogP contribution < -0.4 is 0 Å². The van der Waals surface area contributed by atoms with Crippen molar-refractivity contribution in [1.29, 1.82) is 0 Å². The number of hydrogen-bond acceptors (Lipinski definition) is 4. The lowest BCUT2D eigenvalue weighted by atomic mass is 10.1. The fraction of sp³-hybridized carbons (Fsp3) is 0.400. The largest absolute Gasteiger partial charge is 0.464 e. The van der Waals surface area contributed by atoms with Gasteiger partial charge in [-0.3, -0.25) is 9.00 Å². The maximum absolute atomic E-state index is 12.2. The Kier molecular flexibility index (Phi) is 3.98. The van der Waals surface area contributed by atoms with E-state index in [9.17, 15) is 9.00 Å². The van der Waals surface area contributed by atoms with E-state index >= 15 is 0 Å². The highest BCUT2D eigenvalue weighted by atomic mass is 32.2. The predicted molar refractivity (Wildman–Crippen MR) is 77.4 cm³/mol. The molecule has 1 aromatic carbocycles. The lowest BCUT2D eigenvalue weighted by Gasteiger charge is -2.07. The molecular formula is C15H16O4S. The number of hydrogen-bond donors (Lipinski definition) is 0. The Labute approximate surface area is 119 Å². The van der Waals surface area contributed by atoms with Gasteiger partial charge in [-0.15, -0.1) is 0 Å². The van der Waals surface area contributed by atoms with Crippen LogP contribution in [0.4, 0.5) is 0 Å². The van der Waals surface area contributed by atoms with Crippen molar-refractivity contribution >= 4 is 27.6 Å². The molecule has 0 bridgehead atoms. The van der Waals surface area contributed by atoms with Crippen molar-refractivity contribution in [2.45, 2.75) is 18.9 Å². The van der Waals surface area contributed by atoms with Gasteiger partial charge in [0.1, 0.15) is 11.8 Å². The molecule has 0 amide bonds. The average molecular weight is 292 g/mol. The standard InChI is InChI=1S/C15H16O4S/c16-14(10-20(17)9-11-4-3-7-18-11)13-8-19-15-6-2-1-5-12(13)15/h1-2,5-6,8,11H,3-4,7,9-10H2. The maximum Gasteiger partial charge on any atom is 0.179 e. The third-order valence-electron chi connectivity index (χ3n) is 3.47. The van der Waals surface area contributed by atoms with E-state index in [0.29, 0.717) is 16.9 Å². The summed E-state index contributed by atoms with van der Waals surface area (Å²) < 4.78 is 22.8. The van der Waals surface area contributed by atoms with E-state index in [4.69, 9.17) is 9.15 Å². The average Bonchev–Trinajstić information content (AvgIpc) is 3.07. The highest BCUT2D eigenvalue weighted by Gasteiger charge is 2.21. The van der Waals surface area contributed by atoms with E-state index in [1.807, 2.05) is 24.3 Å². The summed E-state index contributed by atoms with van der Waals surface area (Å²) >= 11 is 0. The summed E-state index contributed by atoms with van der Waals surface area (Å²) in [5.41, 5.74) is 1.20. The van der Waals surface area contributed by atoms with E-state index in [-0.39, 0.29) is 17.6 Å². The van der Waals surface area contributed by atoms with E-state index < -0.39 is 10.8 Å². The van der Waals surface area contributed by atoms with Crippen LogP contribution in [-0.2, 0) is 15.5 Å². The summed E-state index contributed by atoms with van der Waals surface area (Å²) in [6, 6.07) is 7.37. The maximum atomic E-state index is 12.2. The first-order chi connectivity index (χ1) is 9.74. The summed E-state index contributed by atoms with van der Waals surface area (Å²) in [5, 5.41) is 0.784. The van der Waals surface area contributed by atoms with Gasteiger partial charge in [0.25, 0.3) is 0 Å². The fourth-order valence-corrected chi connectivity index (χ4v) is 3.70. The van der Waals surface area contributed by atoms with Gasteiger partial charge in [-0.25, -0.2) is 0 Å². The lowest BCUT2D eigenvalue weighted by molar-refractivity contribution is 0.102. The molecule has 0 N–H and O–H groups in total. The normalized spacial score (nSPS) is 20.3. The molecule has 2 unspecified atom stereocenters. The van der Waals surface area contributed by atoms with Crippen molar-refractivity contribution < 1.29 is 18.2 Å². The Morgan fingerprint density at radius 2 is 2.20 bits per heavy atom. The Balaban J connectivity index is 1.68. The van der Waals surface area contributed by atoms with Gasteiger partial charge >= 0.3 is 0 Å². The van der Waals surface area contributed by atoms with E-state index in [2.05, 4.69) is 0 Å². The molecule has 0 saturated carbocycles. The third-order valence-corrected chi connectivity index (χ3v) is 4.80. The van der Waals surface area contributed by atoms with Crippen molar-refractivity contribution in [1.82, 2.24) is 0 Å². The number of furan rings is 1. The molecule has 20 heavy (non-hydrogen) atoms. The number of carbonyl (C=O) groups is 1. The molecule has 1 aromatic heterocycles. The third kappa shape index (κ3) is 2.83. The monoisotopic (exact) mass is 292 g/mol. The first kappa shape index (κ1) is 13.5. The van der Waals surface area contributed by atoms with Gasteiger partial charge in [0, 0.05) is 22.8 Å². The van der Waals surface area contributed by atoms with Crippen molar-refractivity contribution in [3.63, 3.8) is 0 Å². The van der Waals surface area contributed by atoms with Crippen molar-refractivity contribution in [3.05, 3.63) is 36.1 Å². The molecule has 5 heteroatoms. The lowest BCUT2D eigenvalue weighted by Crippen LogP contribution is -2.21. The van der Waals surface area contributed by atoms with Crippen LogP contribution in [0.1, 0.15) is 23.2 Å². The smallest absolute Gasteiger partial charge is 0.179 e. The number of para-hydroxylation sites is 1. The number of ether oxygens (including phenoxy) is 1. The van der Waals surface area contributed by atoms with Crippen LogP contribution in [-0.4, -0.2) is 34.2 Å². The topological polar surface area (TPSA) is 56.5 Å². The van der Waals surface area contributed by atoms with E-state index in [1.165, 1.54) is 6.26 Å². The first-order valence-electron chi connectivity index (χ1n) is 6.70. The summed E-state index contributed by atoms with van der Waals surface area (Å²) in [5.74, 6) is 0.344. The molecule has 2 atom stereocenters. The molecule has 4 nitrogen and oxygen atoms in total. The van der Waals surface area contributed by atoms with Gasteiger partial charge in [0.2, 0.25) is 0 Å². The zero-order valence-electron chi connectivity index (χ0n) is 11.0. The summed E-state index contributed by atoms with van der Waals surface area (Å²) in [7, 11) is -1.18. The summed E-state index contributed by atoms with van der Waals surface area (Å²) in [6.45, 7) is 0.738. The van der Waals surface area contributed by atoms with Crippen LogP contribution >= 0.6 is 0 Å². The zero-order valence-corrected chi connectivity index (χ0v) is 11.9. The number of benzene rings is 1. The summed E-state index contributed by atoms with van der Waals surface area (Å²) in [4.78, 5) is 12.2. The molecule has 0 spiro atoms. The van der Waals surface area contributed by atoms with E-state index in [1.54, 1.807) is 0 Å². The Morgan fingerprint density at radius 1 is 1.35 bits per heavy atom. The number of Topliss-reactive ketones (excluding diaryl/α,β-unsaturated/α-hetero) is 1. The number of rotatable bonds is 5. The first-order valence-corrected chi connectivity index (χ1v) is 8.19. The van der Waals surface area contributed by atoms with Crippen LogP contribution in [0, 0.1) is 0 Å². The second-order valence-corrected chi connectivity index (χ2v) is 6.46. The molecule has 1 aliphatic rings. The van der Waals surface area contributed by atoms with Crippen LogP contribution in [0.5, 0.6) is 0 Å². The zero-order chi connectivity index (χ0) is 13.9. The second-order valence-electron chi connectivity index (χ2n) is 4.95. The molecule has 1 saturated heterocycles. The molecule has 1 fully saturated rings. The van der Waals surface area contributed by atoms with Crippen LogP contribution in [0.3, 0.4) is 0 Å². The minimum atomic E-state index is -1.18. The van der Waals surface area contributed by atoms with Crippen molar-refractivity contribution in [2.24, 2.45) is 0 Å². The highest BCUT2D eigenvalue weighted by Crippen LogP contribution is 2.21. The molecule has 1 aliphatic heterocycles. The number of carbonyl (C=O) groups excluding carboxylic acids is 1. The van der Waals surface area contributed by atoms with Crippen molar-refractivity contribution in [3.8, 4) is 0 Å². The highest BCUT2D eigenvalue weighted by molar-refractivity contribution is 7.85. The Hall–Kier alpha value is -1.46. The molecule has 3 rings (SSSR count). The van der Waals surface area contributed by atoms with Crippen molar-refractivity contribution in [2.75, 3.05) is 18.1 Å². The van der Waals surface area contributed by atoms with Crippen LogP contribution in [0.15, 0.2) is 34.9 Å². The molecule has 2 aromatic rings. The van der Waals surface area contributed by atoms with Crippen LogP contribution in [0.25, 0.3) is 11.0 Å². The molecule has 0 radical (unpaired) electrons. The summed E-state index contributed by atoms with van der Waals surface area (Å²) in [6.07, 6.45) is 3.46. The Bertz CT molecular complexity index is 640. The number of ketones is 1. The minimum Gasteiger partial charge on any atom is -0.464 e. The molecule has 2 heterocycles. The van der Waals surface area contributed by atoms with Gasteiger partial charge < -0.3 is 9.15 Å². The molecular weight excluding hydrogens is 276 g/mol. The Morgan fingerprint density at radius 3 is 3.00 bits per heavy atom. The van der Waals surface area contributed by atoms with Gasteiger partial charge in [-0.1, -0.05) is 18.2 Å². The van der Waals surface area contributed by atoms with Gasteiger partial charge in [0.05, 0.1) is 23.2 Å². The predicted octanol–water partition coefficient (Wildman–Crippen LogP) is 2.54. The molecule has 106 valence electrons. The second kappa shape index (κ2) is 5.89. The van der Waals surface area contributed by atoms with Crippen LogP contribution in [0.2, 0.25) is 0 Å². The van der Waals surface area contributed by atoms with Gasteiger partial charge in [0.15, 0.2) is 5.78 Å².